The summed E-state index contributed by atoms with van der Waals surface area (Å²) in [5.74, 6) is 1.35. The van der Waals surface area contributed by atoms with Gasteiger partial charge in [0.05, 0.1) is 17.7 Å². The topological polar surface area (TPSA) is 56.8 Å². The molecular weight excluding hydrogens is 434 g/mol. The molecule has 1 aliphatic heterocycles. The lowest BCUT2D eigenvalue weighted by Crippen LogP contribution is -2.30. The van der Waals surface area contributed by atoms with Crippen LogP contribution in [0.2, 0.25) is 0 Å². The molecule has 1 N–H and O–H groups in total. The largest absolute Gasteiger partial charge is 0.466 e. The average Bonchev–Trinajstić information content (AvgIpc) is 3.14. The fraction of sp³-hybridized carbons (Fsp3) is 0.348. The van der Waals surface area contributed by atoms with Gasteiger partial charge in [0, 0.05) is 42.0 Å². The van der Waals surface area contributed by atoms with Crippen molar-refractivity contribution >= 4 is 21.8 Å². The van der Waals surface area contributed by atoms with Crippen LogP contribution in [-0.2, 0) is 9.47 Å². The van der Waals surface area contributed by atoms with Crippen LogP contribution in [0, 0.1) is 11.8 Å². The number of hydrogen-bond donors (Lipinski definition) is 1. The zero-order valence-corrected chi connectivity index (χ0v) is 17.9. The van der Waals surface area contributed by atoms with Crippen LogP contribution in [0.15, 0.2) is 59.6 Å². The highest BCUT2D eigenvalue weighted by Crippen LogP contribution is 2.44. The van der Waals surface area contributed by atoms with Crippen molar-refractivity contribution in [1.29, 1.82) is 0 Å². The molecule has 0 aromatic heterocycles. The first-order valence-electron chi connectivity index (χ1n) is 9.65. The summed E-state index contributed by atoms with van der Waals surface area (Å²) in [5, 5.41) is 3.15. The number of rotatable bonds is 8. The highest BCUT2D eigenvalue weighted by molar-refractivity contribution is 9.10. The van der Waals surface area contributed by atoms with E-state index in [-0.39, 0.29) is 24.7 Å². The number of ether oxygens (including phenoxy) is 3. The van der Waals surface area contributed by atoms with Gasteiger partial charge in [-0.2, -0.15) is 0 Å². The van der Waals surface area contributed by atoms with E-state index < -0.39 is 0 Å². The lowest BCUT2D eigenvalue weighted by Gasteiger charge is -2.20. The Morgan fingerprint density at radius 3 is 2.69 bits per heavy atom. The van der Waals surface area contributed by atoms with E-state index in [1.54, 1.807) is 13.2 Å². The molecule has 4 atom stereocenters. The molecule has 2 aromatic rings. The van der Waals surface area contributed by atoms with E-state index in [0.717, 1.165) is 24.3 Å². The molecule has 152 valence electrons. The van der Waals surface area contributed by atoms with Crippen molar-refractivity contribution < 1.29 is 19.0 Å². The lowest BCUT2D eigenvalue weighted by atomic mass is 9.89. The van der Waals surface area contributed by atoms with Crippen LogP contribution >= 0.6 is 15.9 Å². The number of carbonyl (C=O) groups is 1. The van der Waals surface area contributed by atoms with Crippen molar-refractivity contribution in [3.05, 3.63) is 76.3 Å². The third kappa shape index (κ3) is 4.10. The maximum absolute atomic E-state index is 12.9. The maximum Gasteiger partial charge on any atom is 0.251 e. The van der Waals surface area contributed by atoms with Crippen molar-refractivity contribution in [2.24, 2.45) is 11.8 Å². The third-order valence-electron chi connectivity index (χ3n) is 5.64. The summed E-state index contributed by atoms with van der Waals surface area (Å²) in [5.41, 5.74) is 2.52. The van der Waals surface area contributed by atoms with Crippen molar-refractivity contribution in [3.8, 4) is 5.75 Å². The number of carbonyl (C=O) groups excluding carboxylic acids is 1. The lowest BCUT2D eigenvalue weighted by molar-refractivity contribution is 0.0498. The first-order valence-corrected chi connectivity index (χ1v) is 10.4. The molecule has 6 heteroatoms. The molecule has 1 saturated heterocycles. The van der Waals surface area contributed by atoms with E-state index in [1.807, 2.05) is 42.5 Å². The van der Waals surface area contributed by atoms with E-state index in [0.29, 0.717) is 27.6 Å². The van der Waals surface area contributed by atoms with Gasteiger partial charge in [0.1, 0.15) is 5.75 Å². The average molecular weight is 458 g/mol. The highest BCUT2D eigenvalue weighted by atomic mass is 79.9. The fourth-order valence-electron chi connectivity index (χ4n) is 4.04. The summed E-state index contributed by atoms with van der Waals surface area (Å²) in [7, 11) is 1.58. The third-order valence-corrected chi connectivity index (χ3v) is 6.22. The Morgan fingerprint density at radius 2 is 2.03 bits per heavy atom. The van der Waals surface area contributed by atoms with Crippen LogP contribution in [-0.4, -0.2) is 39.1 Å². The van der Waals surface area contributed by atoms with Gasteiger partial charge in [-0.1, -0.05) is 36.4 Å². The second-order valence-electron chi connectivity index (χ2n) is 7.42. The van der Waals surface area contributed by atoms with E-state index in [2.05, 4.69) is 27.8 Å². The SMILES string of the molecule is C=CC(c1ccccc1)c1cc(C(=O)N[C@H]2[C@@H]3COC[C@@H]32)cc(Br)c1OCOC. The Hall–Kier alpha value is -2.15. The summed E-state index contributed by atoms with van der Waals surface area (Å²) in [6.45, 7) is 5.61. The predicted molar refractivity (Wildman–Crippen MR) is 114 cm³/mol. The molecule has 0 spiro atoms. The Bertz CT molecular complexity index is 891. The van der Waals surface area contributed by atoms with Crippen LogP contribution in [0.25, 0.3) is 0 Å². The van der Waals surface area contributed by atoms with E-state index >= 15 is 0 Å². The molecule has 0 radical (unpaired) electrons. The molecular formula is C23H24BrNO4. The molecule has 2 fully saturated rings. The maximum atomic E-state index is 12.9. The molecule has 2 aromatic carbocycles. The minimum Gasteiger partial charge on any atom is -0.466 e. The van der Waals surface area contributed by atoms with Crippen LogP contribution in [0.4, 0.5) is 0 Å². The predicted octanol–water partition coefficient (Wildman–Crippen LogP) is 4.12. The normalized spacial score (nSPS) is 23.2. The standard InChI is InChI=1S/C23H24BrNO4/c1-3-16(14-7-5-4-6-8-14)17-9-15(10-20(24)22(17)29-13-27-2)23(26)25-21-18-11-28-12-19(18)21/h3-10,16,18-19,21H,1,11-13H2,2H3,(H,25,26)/t16?,18-,19+,21+. The monoisotopic (exact) mass is 457 g/mol. The minimum atomic E-state index is -0.124. The van der Waals surface area contributed by atoms with Gasteiger partial charge in [0.15, 0.2) is 6.79 Å². The second kappa shape index (κ2) is 8.69. The summed E-state index contributed by atoms with van der Waals surface area (Å²) in [4.78, 5) is 12.9. The second-order valence-corrected chi connectivity index (χ2v) is 8.27. The van der Waals surface area contributed by atoms with Gasteiger partial charge in [0.25, 0.3) is 5.91 Å². The highest BCUT2D eigenvalue weighted by Gasteiger charge is 2.54. The van der Waals surface area contributed by atoms with E-state index in [4.69, 9.17) is 14.2 Å². The Kier molecular flexibility index (Phi) is 6.04. The molecule has 1 heterocycles. The Labute approximate surface area is 179 Å². The molecule has 4 rings (SSSR count). The van der Waals surface area contributed by atoms with Crippen LogP contribution in [0.5, 0.6) is 5.75 Å². The number of halogens is 1. The summed E-state index contributed by atoms with van der Waals surface area (Å²) in [6.07, 6.45) is 1.86. The Morgan fingerprint density at radius 1 is 1.31 bits per heavy atom. The molecule has 1 amide bonds. The number of fused-ring (bicyclic) bond motifs is 1. The van der Waals surface area contributed by atoms with Crippen LogP contribution in [0.1, 0.15) is 27.4 Å². The number of allylic oxidation sites excluding steroid dienone is 1. The van der Waals surface area contributed by atoms with Gasteiger partial charge >= 0.3 is 0 Å². The quantitative estimate of drug-likeness (QED) is 0.478. The summed E-state index contributed by atoms with van der Waals surface area (Å²) >= 11 is 3.58. The van der Waals surface area contributed by atoms with Gasteiger partial charge in [0.2, 0.25) is 0 Å². The molecule has 1 saturated carbocycles. The fourth-order valence-corrected chi connectivity index (χ4v) is 4.63. The molecule has 29 heavy (non-hydrogen) atoms. The number of hydrogen-bond acceptors (Lipinski definition) is 4. The van der Waals surface area contributed by atoms with Crippen molar-refractivity contribution in [2.45, 2.75) is 12.0 Å². The number of methoxy groups -OCH3 is 1. The number of amides is 1. The van der Waals surface area contributed by atoms with Crippen LogP contribution < -0.4 is 10.1 Å². The van der Waals surface area contributed by atoms with Gasteiger partial charge < -0.3 is 19.5 Å². The smallest absolute Gasteiger partial charge is 0.251 e. The molecule has 0 bridgehead atoms. The first kappa shape index (κ1) is 20.1. The summed E-state index contributed by atoms with van der Waals surface area (Å²) in [6, 6.07) is 13.9. The number of nitrogens with one attached hydrogen (secondary N) is 1. The van der Waals surface area contributed by atoms with E-state index in [9.17, 15) is 4.79 Å². The van der Waals surface area contributed by atoms with Gasteiger partial charge in [-0.25, -0.2) is 0 Å². The van der Waals surface area contributed by atoms with Gasteiger partial charge in [-0.05, 0) is 33.6 Å². The molecule has 1 aliphatic carbocycles. The van der Waals surface area contributed by atoms with Crippen molar-refractivity contribution in [3.63, 3.8) is 0 Å². The zero-order valence-electron chi connectivity index (χ0n) is 16.3. The number of benzene rings is 2. The first-order chi connectivity index (χ1) is 14.1. The van der Waals surface area contributed by atoms with Crippen LogP contribution in [0.3, 0.4) is 0 Å². The van der Waals surface area contributed by atoms with Gasteiger partial charge in [-0.3, -0.25) is 4.79 Å². The molecule has 1 unspecified atom stereocenters. The molecule has 5 nitrogen and oxygen atoms in total. The van der Waals surface area contributed by atoms with E-state index in [1.165, 1.54) is 0 Å². The Balaban J connectivity index is 1.66. The zero-order chi connectivity index (χ0) is 20.4. The summed E-state index contributed by atoms with van der Waals surface area (Å²) < 4.78 is 17.1. The van der Waals surface area contributed by atoms with Crippen molar-refractivity contribution in [1.82, 2.24) is 5.32 Å². The molecule has 2 aliphatic rings. The minimum absolute atomic E-state index is 0.0829. The van der Waals surface area contributed by atoms with Crippen molar-refractivity contribution in [2.75, 3.05) is 27.1 Å². The van der Waals surface area contributed by atoms with Gasteiger partial charge in [-0.15, -0.1) is 6.58 Å².